The standard InChI is InChI=1S/C22H34N4O5/c1-16(2)15-31-22(29)26-9-5-8-25(10-11-26)14-21(28)23-13-20(27)24-18-12-17(3)6-7-19(18)30-4/h6-7,12,16H,5,8-11,13-15H2,1-4H3,(H,23,28)(H,24,27). The molecule has 2 N–H and O–H groups in total. The summed E-state index contributed by atoms with van der Waals surface area (Å²) < 4.78 is 10.5. The Bertz CT molecular complexity index is 768. The number of nitrogens with zero attached hydrogens (tertiary/aromatic N) is 2. The minimum atomic E-state index is -0.327. The summed E-state index contributed by atoms with van der Waals surface area (Å²) in [5.74, 6) is 0.293. The number of hydrogen-bond donors (Lipinski definition) is 2. The van der Waals surface area contributed by atoms with Crippen molar-refractivity contribution < 1.29 is 23.9 Å². The molecular weight excluding hydrogens is 400 g/mol. The fourth-order valence-corrected chi connectivity index (χ4v) is 3.19. The highest BCUT2D eigenvalue weighted by Gasteiger charge is 2.21. The number of benzene rings is 1. The van der Waals surface area contributed by atoms with Gasteiger partial charge >= 0.3 is 6.09 Å². The first-order chi connectivity index (χ1) is 14.8. The molecule has 9 heteroatoms. The molecule has 1 aliphatic heterocycles. The van der Waals surface area contributed by atoms with Crippen molar-refractivity contribution in [2.75, 3.05) is 58.3 Å². The molecule has 0 bridgehead atoms. The van der Waals surface area contributed by atoms with Crippen LogP contribution in [0.3, 0.4) is 0 Å². The largest absolute Gasteiger partial charge is 0.495 e. The maximum absolute atomic E-state index is 12.3. The molecule has 0 unspecified atom stereocenters. The SMILES string of the molecule is COc1ccc(C)cc1NC(=O)CNC(=O)CN1CCCN(C(=O)OCC(C)C)CC1. The third kappa shape index (κ3) is 8.45. The van der Waals surface area contributed by atoms with Gasteiger partial charge in [-0.05, 0) is 37.0 Å². The van der Waals surface area contributed by atoms with E-state index in [0.29, 0.717) is 50.1 Å². The minimum absolute atomic E-state index is 0.128. The highest BCUT2D eigenvalue weighted by molar-refractivity contribution is 5.96. The molecule has 0 aromatic heterocycles. The number of carbonyl (C=O) groups excluding carboxylic acids is 3. The molecule has 1 aromatic carbocycles. The lowest BCUT2D eigenvalue weighted by molar-refractivity contribution is -0.125. The van der Waals surface area contributed by atoms with Gasteiger partial charge in [0.15, 0.2) is 0 Å². The lowest BCUT2D eigenvalue weighted by atomic mass is 10.2. The number of carbonyl (C=O) groups is 3. The van der Waals surface area contributed by atoms with E-state index >= 15 is 0 Å². The van der Waals surface area contributed by atoms with E-state index in [1.54, 1.807) is 11.0 Å². The first-order valence-electron chi connectivity index (χ1n) is 10.6. The lowest BCUT2D eigenvalue weighted by Crippen LogP contribution is -2.42. The molecule has 1 fully saturated rings. The topological polar surface area (TPSA) is 100 Å². The maximum Gasteiger partial charge on any atom is 0.409 e. The number of nitrogens with one attached hydrogen (secondary N) is 2. The quantitative estimate of drug-likeness (QED) is 0.648. The second kappa shape index (κ2) is 12.1. The number of ether oxygens (including phenoxy) is 2. The summed E-state index contributed by atoms with van der Waals surface area (Å²) in [6.45, 7) is 8.76. The Morgan fingerprint density at radius 1 is 1.10 bits per heavy atom. The molecular formula is C22H34N4O5. The number of aryl methyl sites for hydroxylation is 1. The van der Waals surface area contributed by atoms with Gasteiger partial charge < -0.3 is 25.0 Å². The molecule has 0 aliphatic carbocycles. The molecule has 0 radical (unpaired) electrons. The summed E-state index contributed by atoms with van der Waals surface area (Å²) in [7, 11) is 1.54. The number of methoxy groups -OCH3 is 1. The third-order valence-corrected chi connectivity index (χ3v) is 4.83. The van der Waals surface area contributed by atoms with Crippen molar-refractivity contribution in [3.05, 3.63) is 23.8 Å². The Morgan fingerprint density at radius 2 is 1.87 bits per heavy atom. The van der Waals surface area contributed by atoms with Gasteiger partial charge in [-0.15, -0.1) is 0 Å². The van der Waals surface area contributed by atoms with E-state index in [1.807, 2.05) is 37.8 Å². The molecule has 172 valence electrons. The van der Waals surface area contributed by atoms with Crippen LogP contribution in [0.4, 0.5) is 10.5 Å². The van der Waals surface area contributed by atoms with Crippen molar-refractivity contribution in [3.8, 4) is 5.75 Å². The van der Waals surface area contributed by atoms with E-state index in [-0.39, 0.29) is 31.0 Å². The van der Waals surface area contributed by atoms with Crippen LogP contribution in [0.2, 0.25) is 0 Å². The Hall–Kier alpha value is -2.81. The van der Waals surface area contributed by atoms with Crippen LogP contribution in [0.5, 0.6) is 5.75 Å². The smallest absolute Gasteiger partial charge is 0.409 e. The number of amides is 3. The first kappa shape index (κ1) is 24.5. The van der Waals surface area contributed by atoms with Gasteiger partial charge in [-0.1, -0.05) is 19.9 Å². The van der Waals surface area contributed by atoms with Crippen LogP contribution < -0.4 is 15.4 Å². The summed E-state index contributed by atoms with van der Waals surface area (Å²) >= 11 is 0. The predicted molar refractivity (Wildman–Crippen MR) is 118 cm³/mol. The molecule has 1 heterocycles. The average Bonchev–Trinajstić information content (AvgIpc) is 2.96. The molecule has 9 nitrogen and oxygen atoms in total. The second-order valence-electron chi connectivity index (χ2n) is 8.12. The third-order valence-electron chi connectivity index (χ3n) is 4.83. The van der Waals surface area contributed by atoms with Crippen LogP contribution in [-0.2, 0) is 14.3 Å². The van der Waals surface area contributed by atoms with Crippen LogP contribution in [0.1, 0.15) is 25.8 Å². The molecule has 31 heavy (non-hydrogen) atoms. The normalized spacial score (nSPS) is 14.7. The van der Waals surface area contributed by atoms with Gasteiger partial charge in [-0.25, -0.2) is 4.79 Å². The Labute approximate surface area is 184 Å². The van der Waals surface area contributed by atoms with Crippen LogP contribution in [-0.4, -0.2) is 80.7 Å². The van der Waals surface area contributed by atoms with Crippen molar-refractivity contribution in [1.29, 1.82) is 0 Å². The van der Waals surface area contributed by atoms with Crippen molar-refractivity contribution in [2.45, 2.75) is 27.2 Å². The Kier molecular flexibility index (Phi) is 9.58. The van der Waals surface area contributed by atoms with Crippen LogP contribution >= 0.6 is 0 Å². The van der Waals surface area contributed by atoms with Crippen LogP contribution in [0.15, 0.2) is 18.2 Å². The zero-order chi connectivity index (χ0) is 22.8. The Morgan fingerprint density at radius 3 is 2.58 bits per heavy atom. The zero-order valence-corrected chi connectivity index (χ0v) is 18.9. The van der Waals surface area contributed by atoms with E-state index in [1.165, 1.54) is 7.11 Å². The van der Waals surface area contributed by atoms with Gasteiger partial charge in [0.25, 0.3) is 0 Å². The van der Waals surface area contributed by atoms with Gasteiger partial charge in [0.2, 0.25) is 11.8 Å². The second-order valence-corrected chi connectivity index (χ2v) is 8.12. The van der Waals surface area contributed by atoms with Gasteiger partial charge in [0.05, 0.1) is 32.5 Å². The van der Waals surface area contributed by atoms with Crippen LogP contribution in [0.25, 0.3) is 0 Å². The van der Waals surface area contributed by atoms with Crippen molar-refractivity contribution in [3.63, 3.8) is 0 Å². The number of rotatable bonds is 8. The molecule has 1 aromatic rings. The molecule has 3 amide bonds. The number of anilines is 1. The van der Waals surface area contributed by atoms with Crippen molar-refractivity contribution in [2.24, 2.45) is 5.92 Å². The molecule has 2 rings (SSSR count). The van der Waals surface area contributed by atoms with E-state index in [9.17, 15) is 14.4 Å². The Balaban J connectivity index is 1.74. The molecule has 1 aliphatic rings. The fraction of sp³-hybridized carbons (Fsp3) is 0.591. The maximum atomic E-state index is 12.3. The summed E-state index contributed by atoms with van der Waals surface area (Å²) in [4.78, 5) is 40.3. The highest BCUT2D eigenvalue weighted by Crippen LogP contribution is 2.24. The van der Waals surface area contributed by atoms with Crippen molar-refractivity contribution >= 4 is 23.6 Å². The van der Waals surface area contributed by atoms with E-state index in [4.69, 9.17) is 9.47 Å². The van der Waals surface area contributed by atoms with Gasteiger partial charge in [-0.3, -0.25) is 14.5 Å². The summed E-state index contributed by atoms with van der Waals surface area (Å²) in [6, 6.07) is 5.49. The first-order valence-corrected chi connectivity index (χ1v) is 10.6. The summed E-state index contributed by atoms with van der Waals surface area (Å²) in [6.07, 6.45) is 0.459. The van der Waals surface area contributed by atoms with E-state index in [0.717, 1.165) is 12.0 Å². The summed E-state index contributed by atoms with van der Waals surface area (Å²) in [5.41, 5.74) is 1.56. The van der Waals surface area contributed by atoms with E-state index in [2.05, 4.69) is 10.6 Å². The average molecular weight is 435 g/mol. The molecule has 0 spiro atoms. The van der Waals surface area contributed by atoms with Crippen LogP contribution in [0, 0.1) is 12.8 Å². The van der Waals surface area contributed by atoms with Gasteiger partial charge in [0.1, 0.15) is 5.75 Å². The van der Waals surface area contributed by atoms with Gasteiger partial charge in [0, 0.05) is 26.2 Å². The monoisotopic (exact) mass is 434 g/mol. The predicted octanol–water partition coefficient (Wildman–Crippen LogP) is 1.86. The minimum Gasteiger partial charge on any atom is -0.495 e. The molecule has 0 saturated carbocycles. The van der Waals surface area contributed by atoms with Gasteiger partial charge in [-0.2, -0.15) is 0 Å². The highest BCUT2D eigenvalue weighted by atomic mass is 16.6. The zero-order valence-electron chi connectivity index (χ0n) is 18.9. The number of hydrogen-bond acceptors (Lipinski definition) is 6. The van der Waals surface area contributed by atoms with Crippen molar-refractivity contribution in [1.82, 2.24) is 15.1 Å². The lowest BCUT2D eigenvalue weighted by Gasteiger charge is -2.21. The fourth-order valence-electron chi connectivity index (χ4n) is 3.19. The molecule has 1 saturated heterocycles. The van der Waals surface area contributed by atoms with E-state index < -0.39 is 0 Å². The summed E-state index contributed by atoms with van der Waals surface area (Å²) in [5, 5.41) is 5.41. The molecule has 0 atom stereocenters.